The summed E-state index contributed by atoms with van der Waals surface area (Å²) in [5, 5.41) is 0. The molecule has 3 atom stereocenters. The predicted molar refractivity (Wildman–Crippen MR) is 54.2 cm³/mol. The van der Waals surface area contributed by atoms with Crippen molar-refractivity contribution in [2.75, 3.05) is 13.1 Å². The highest BCUT2D eigenvalue weighted by atomic mass is 15.2. The third-order valence-electron chi connectivity index (χ3n) is 3.28. The van der Waals surface area contributed by atoms with Crippen LogP contribution < -0.4 is 0 Å². The second-order valence-electron chi connectivity index (χ2n) is 4.21. The van der Waals surface area contributed by atoms with Crippen LogP contribution in [-0.4, -0.2) is 24.0 Å². The zero-order valence-corrected chi connectivity index (χ0v) is 8.59. The molecule has 12 heavy (non-hydrogen) atoms. The summed E-state index contributed by atoms with van der Waals surface area (Å²) >= 11 is 0. The van der Waals surface area contributed by atoms with E-state index in [1.165, 1.54) is 19.5 Å². The van der Waals surface area contributed by atoms with E-state index in [9.17, 15) is 0 Å². The Kier molecular flexibility index (Phi) is 3.33. The Morgan fingerprint density at radius 1 is 1.42 bits per heavy atom. The molecule has 1 heteroatoms. The van der Waals surface area contributed by atoms with E-state index in [1.807, 2.05) is 6.08 Å². The molecule has 0 aliphatic carbocycles. The molecule has 0 aromatic rings. The zero-order valence-electron chi connectivity index (χ0n) is 8.59. The van der Waals surface area contributed by atoms with Crippen molar-refractivity contribution in [3.63, 3.8) is 0 Å². The fourth-order valence-corrected chi connectivity index (χ4v) is 1.81. The average molecular weight is 167 g/mol. The van der Waals surface area contributed by atoms with E-state index in [4.69, 9.17) is 0 Å². The summed E-state index contributed by atoms with van der Waals surface area (Å²) in [6.07, 6.45) is 3.39. The maximum absolute atomic E-state index is 3.84. The molecule has 0 aromatic heterocycles. The first-order valence-electron chi connectivity index (χ1n) is 5.01. The molecular weight excluding hydrogens is 146 g/mol. The van der Waals surface area contributed by atoms with Crippen LogP contribution in [0.1, 0.15) is 27.2 Å². The van der Waals surface area contributed by atoms with Crippen LogP contribution >= 0.6 is 0 Å². The Hall–Kier alpha value is -0.300. The highest BCUT2D eigenvalue weighted by Crippen LogP contribution is 2.23. The highest BCUT2D eigenvalue weighted by molar-refractivity contribution is 4.87. The van der Waals surface area contributed by atoms with Crippen molar-refractivity contribution in [1.29, 1.82) is 0 Å². The lowest BCUT2D eigenvalue weighted by molar-refractivity contribution is 0.120. The van der Waals surface area contributed by atoms with Crippen LogP contribution in [0.5, 0.6) is 0 Å². The van der Waals surface area contributed by atoms with Gasteiger partial charge in [-0.25, -0.2) is 0 Å². The van der Waals surface area contributed by atoms with Crippen LogP contribution in [0, 0.1) is 11.8 Å². The summed E-state index contributed by atoms with van der Waals surface area (Å²) in [7, 11) is 0. The largest absolute Gasteiger partial charge is 0.297 e. The summed E-state index contributed by atoms with van der Waals surface area (Å²) in [6.45, 7) is 13.3. The molecule has 1 nitrogen and oxygen atoms in total. The summed E-state index contributed by atoms with van der Waals surface area (Å²) in [4.78, 5) is 2.53. The predicted octanol–water partition coefficient (Wildman–Crippen LogP) is 2.54. The van der Waals surface area contributed by atoms with Gasteiger partial charge in [-0.05, 0) is 31.7 Å². The maximum atomic E-state index is 3.84. The minimum Gasteiger partial charge on any atom is -0.297 e. The molecule has 0 bridgehead atoms. The minimum absolute atomic E-state index is 0.556. The lowest BCUT2D eigenvalue weighted by Gasteiger charge is -2.37. The molecule has 0 radical (unpaired) electrons. The van der Waals surface area contributed by atoms with Gasteiger partial charge in [0.2, 0.25) is 0 Å². The number of nitrogens with zero attached hydrogens (tertiary/aromatic N) is 1. The average Bonchev–Trinajstić information content (AvgIpc) is 2.08. The normalized spacial score (nSPS) is 34.6. The third kappa shape index (κ3) is 2.10. The zero-order chi connectivity index (χ0) is 9.14. The number of hydrogen-bond acceptors (Lipinski definition) is 1. The van der Waals surface area contributed by atoms with Crippen molar-refractivity contribution in [2.45, 2.75) is 33.2 Å². The number of piperidine rings is 1. The van der Waals surface area contributed by atoms with Gasteiger partial charge in [-0.3, -0.25) is 4.90 Å². The van der Waals surface area contributed by atoms with Gasteiger partial charge in [-0.2, -0.15) is 0 Å². The van der Waals surface area contributed by atoms with Crippen molar-refractivity contribution in [2.24, 2.45) is 11.8 Å². The summed E-state index contributed by atoms with van der Waals surface area (Å²) in [5.74, 6) is 1.75. The van der Waals surface area contributed by atoms with Gasteiger partial charge in [-0.1, -0.05) is 19.9 Å². The van der Waals surface area contributed by atoms with Crippen LogP contribution in [0.25, 0.3) is 0 Å². The first-order valence-corrected chi connectivity index (χ1v) is 5.01. The minimum atomic E-state index is 0.556. The molecule has 0 saturated carbocycles. The highest BCUT2D eigenvalue weighted by Gasteiger charge is 2.24. The van der Waals surface area contributed by atoms with Gasteiger partial charge in [-0.15, -0.1) is 6.58 Å². The smallest absolute Gasteiger partial charge is 0.0247 e. The van der Waals surface area contributed by atoms with Crippen LogP contribution in [0.3, 0.4) is 0 Å². The van der Waals surface area contributed by atoms with Crippen molar-refractivity contribution in [3.8, 4) is 0 Å². The Balaban J connectivity index is 2.44. The Morgan fingerprint density at radius 3 is 2.58 bits per heavy atom. The summed E-state index contributed by atoms with van der Waals surface area (Å²) in [6, 6.07) is 0.556. The van der Waals surface area contributed by atoms with Crippen LogP contribution in [0.2, 0.25) is 0 Å². The van der Waals surface area contributed by atoms with Crippen LogP contribution in [0.4, 0.5) is 0 Å². The van der Waals surface area contributed by atoms with Crippen molar-refractivity contribution >= 4 is 0 Å². The van der Waals surface area contributed by atoms with Crippen molar-refractivity contribution < 1.29 is 0 Å². The topological polar surface area (TPSA) is 3.24 Å². The second-order valence-corrected chi connectivity index (χ2v) is 4.21. The second kappa shape index (κ2) is 4.08. The Labute approximate surface area is 76.5 Å². The Bertz CT molecular complexity index is 153. The molecule has 70 valence electrons. The van der Waals surface area contributed by atoms with E-state index in [0.29, 0.717) is 6.04 Å². The van der Waals surface area contributed by atoms with E-state index < -0.39 is 0 Å². The summed E-state index contributed by atoms with van der Waals surface area (Å²) in [5.41, 5.74) is 0. The quantitative estimate of drug-likeness (QED) is 0.571. The lowest BCUT2D eigenvalue weighted by atomic mass is 9.88. The van der Waals surface area contributed by atoms with E-state index in [0.717, 1.165) is 11.8 Å². The van der Waals surface area contributed by atoms with Gasteiger partial charge in [0.25, 0.3) is 0 Å². The van der Waals surface area contributed by atoms with Crippen molar-refractivity contribution in [3.05, 3.63) is 12.7 Å². The molecule has 3 unspecified atom stereocenters. The standard InChI is InChI=1S/C11H21N/c1-5-11(4)12-7-6-9(2)10(3)8-12/h5,9-11H,1,6-8H2,2-4H3. The molecule has 1 heterocycles. The third-order valence-corrected chi connectivity index (χ3v) is 3.28. The SMILES string of the molecule is C=CC(C)N1CCC(C)C(C)C1. The maximum Gasteiger partial charge on any atom is 0.0247 e. The molecule has 1 rings (SSSR count). The number of hydrogen-bond donors (Lipinski definition) is 0. The monoisotopic (exact) mass is 167 g/mol. The van der Waals surface area contributed by atoms with E-state index in [2.05, 4.69) is 32.3 Å². The molecule has 0 aromatic carbocycles. The van der Waals surface area contributed by atoms with Gasteiger partial charge in [0.15, 0.2) is 0 Å². The molecule has 1 aliphatic heterocycles. The fraction of sp³-hybridized carbons (Fsp3) is 0.818. The van der Waals surface area contributed by atoms with Gasteiger partial charge < -0.3 is 0 Å². The molecule has 0 amide bonds. The van der Waals surface area contributed by atoms with Gasteiger partial charge in [0, 0.05) is 12.6 Å². The fourth-order valence-electron chi connectivity index (χ4n) is 1.81. The molecule has 1 aliphatic rings. The molecule has 1 saturated heterocycles. The summed E-state index contributed by atoms with van der Waals surface area (Å²) < 4.78 is 0. The van der Waals surface area contributed by atoms with Gasteiger partial charge in [0.05, 0.1) is 0 Å². The first kappa shape index (κ1) is 9.79. The van der Waals surface area contributed by atoms with Crippen LogP contribution in [0.15, 0.2) is 12.7 Å². The van der Waals surface area contributed by atoms with Gasteiger partial charge in [0.1, 0.15) is 0 Å². The van der Waals surface area contributed by atoms with Gasteiger partial charge >= 0.3 is 0 Å². The molecule has 0 spiro atoms. The van der Waals surface area contributed by atoms with E-state index in [1.54, 1.807) is 0 Å². The molecule has 1 fully saturated rings. The van der Waals surface area contributed by atoms with E-state index in [-0.39, 0.29) is 0 Å². The Morgan fingerprint density at radius 2 is 2.08 bits per heavy atom. The molecular formula is C11H21N. The first-order chi connectivity index (χ1) is 5.65. The molecule has 0 N–H and O–H groups in total. The van der Waals surface area contributed by atoms with Crippen LogP contribution in [-0.2, 0) is 0 Å². The number of likely N-dealkylation sites (tertiary alicyclic amines) is 1. The van der Waals surface area contributed by atoms with Crippen molar-refractivity contribution in [1.82, 2.24) is 4.90 Å². The van der Waals surface area contributed by atoms with E-state index >= 15 is 0 Å². The lowest BCUT2D eigenvalue weighted by Crippen LogP contribution is -2.42. The number of rotatable bonds is 2.